The Hall–Kier alpha value is -0.160. The van der Waals surface area contributed by atoms with Gasteiger partial charge < -0.3 is 0 Å². The number of hydrogen-bond donors (Lipinski definition) is 0. The van der Waals surface area contributed by atoms with Crippen LogP contribution in [0, 0.1) is 0 Å². The Kier molecular flexibility index (Phi) is 5.01. The minimum Gasteiger partial charge on any atom is -0.298 e. The molecule has 5 heteroatoms. The first kappa shape index (κ1) is 14.3. The summed E-state index contributed by atoms with van der Waals surface area (Å²) in [7, 11) is -2.85. The van der Waals surface area contributed by atoms with Crippen LogP contribution in [0.2, 0.25) is 0 Å². The molecule has 1 aliphatic carbocycles. The molecule has 0 bridgehead atoms. The average Bonchev–Trinajstić information content (AvgIpc) is 2.37. The molecule has 1 saturated heterocycles. The number of fused-ring (bicyclic) bond motifs is 1. The molecule has 0 aromatic heterocycles. The summed E-state index contributed by atoms with van der Waals surface area (Å²) in [4.78, 5) is 2.35. The third kappa shape index (κ3) is 3.23. The van der Waals surface area contributed by atoms with Crippen molar-refractivity contribution >= 4 is 9.84 Å². The van der Waals surface area contributed by atoms with Crippen molar-refractivity contribution in [3.63, 3.8) is 0 Å². The van der Waals surface area contributed by atoms with E-state index < -0.39 is 9.84 Å². The molecule has 106 valence electrons. The zero-order chi connectivity index (χ0) is 13.0. The van der Waals surface area contributed by atoms with E-state index in [1.165, 1.54) is 0 Å². The quantitative estimate of drug-likeness (QED) is 0.723. The molecule has 1 heterocycles. The third-order valence-electron chi connectivity index (χ3n) is 4.34. The summed E-state index contributed by atoms with van der Waals surface area (Å²) >= 11 is 0. The normalized spacial score (nSPS) is 32.1. The summed E-state index contributed by atoms with van der Waals surface area (Å²) in [6, 6.07) is 0.239. The molecule has 2 rings (SSSR count). The number of hydrogen-bond acceptors (Lipinski definition) is 3. The highest BCUT2D eigenvalue weighted by Crippen LogP contribution is 2.32. The molecule has 2 fully saturated rings. The van der Waals surface area contributed by atoms with Gasteiger partial charge >= 0.3 is 0 Å². The zero-order valence-corrected chi connectivity index (χ0v) is 11.8. The van der Waals surface area contributed by atoms with Gasteiger partial charge in [-0.1, -0.05) is 12.8 Å². The molecule has 0 N–H and O–H groups in total. The van der Waals surface area contributed by atoms with Gasteiger partial charge in [-0.3, -0.25) is 9.29 Å². The average molecular weight is 277 g/mol. The molecule has 2 atom stereocenters. The van der Waals surface area contributed by atoms with Crippen LogP contribution in [0.1, 0.15) is 44.9 Å². The summed E-state index contributed by atoms with van der Waals surface area (Å²) in [5.41, 5.74) is 0. The topological polar surface area (TPSA) is 37.4 Å². The number of halogens is 1. The van der Waals surface area contributed by atoms with Gasteiger partial charge in [0.15, 0.2) is 9.84 Å². The van der Waals surface area contributed by atoms with Crippen LogP contribution in [-0.4, -0.2) is 50.1 Å². The minimum absolute atomic E-state index is 0.124. The highest BCUT2D eigenvalue weighted by atomic mass is 32.2. The van der Waals surface area contributed by atoms with Crippen molar-refractivity contribution in [1.82, 2.24) is 4.90 Å². The summed E-state index contributed by atoms with van der Waals surface area (Å²) in [6.07, 6.45) is 6.61. The smallest absolute Gasteiger partial charge is 0.155 e. The predicted octanol–water partition coefficient (Wildman–Crippen LogP) is 2.17. The second kappa shape index (κ2) is 6.33. The Bertz CT molecular complexity index is 358. The van der Waals surface area contributed by atoms with E-state index in [1.54, 1.807) is 0 Å². The molecule has 0 aromatic rings. The van der Waals surface area contributed by atoms with Gasteiger partial charge in [-0.25, -0.2) is 8.42 Å². The number of alkyl halides is 1. The van der Waals surface area contributed by atoms with Crippen molar-refractivity contribution in [3.05, 3.63) is 0 Å². The maximum absolute atomic E-state index is 12.1. The van der Waals surface area contributed by atoms with Crippen LogP contribution in [0.3, 0.4) is 0 Å². The monoisotopic (exact) mass is 277 g/mol. The minimum atomic E-state index is -2.85. The maximum Gasteiger partial charge on any atom is 0.155 e. The van der Waals surface area contributed by atoms with Gasteiger partial charge in [0.25, 0.3) is 0 Å². The molecule has 1 aliphatic heterocycles. The number of unbranched alkanes of at least 4 members (excludes halogenated alkanes) is 2. The molecule has 0 unspecified atom stereocenters. The van der Waals surface area contributed by atoms with Gasteiger partial charge in [0.1, 0.15) is 0 Å². The highest BCUT2D eigenvalue weighted by molar-refractivity contribution is 7.92. The second-order valence-electron chi connectivity index (χ2n) is 5.54. The van der Waals surface area contributed by atoms with Crippen molar-refractivity contribution in [2.24, 2.45) is 0 Å². The molecule has 0 radical (unpaired) electrons. The molecular weight excluding hydrogens is 253 g/mol. The van der Waals surface area contributed by atoms with Gasteiger partial charge in [0, 0.05) is 12.6 Å². The molecule has 3 nitrogen and oxygen atoms in total. The van der Waals surface area contributed by atoms with Crippen molar-refractivity contribution in [2.75, 3.05) is 25.5 Å². The SMILES string of the molecule is O=S1(=O)CCN(CCCCCF)[C@H]2CCCC[C@H]21. The van der Waals surface area contributed by atoms with Gasteiger partial charge in [0.05, 0.1) is 17.7 Å². The van der Waals surface area contributed by atoms with Gasteiger partial charge in [-0.15, -0.1) is 0 Å². The molecule has 0 spiro atoms. The van der Waals surface area contributed by atoms with E-state index in [-0.39, 0.29) is 18.0 Å². The Morgan fingerprint density at radius 1 is 1.11 bits per heavy atom. The van der Waals surface area contributed by atoms with Crippen molar-refractivity contribution in [2.45, 2.75) is 56.2 Å². The number of rotatable bonds is 5. The lowest BCUT2D eigenvalue weighted by Crippen LogP contribution is -2.55. The van der Waals surface area contributed by atoms with Crippen molar-refractivity contribution in [3.8, 4) is 0 Å². The van der Waals surface area contributed by atoms with E-state index in [1.807, 2.05) is 0 Å². The van der Waals surface area contributed by atoms with Crippen LogP contribution in [0.4, 0.5) is 4.39 Å². The van der Waals surface area contributed by atoms with E-state index in [0.717, 1.165) is 45.1 Å². The summed E-state index contributed by atoms with van der Waals surface area (Å²) in [5.74, 6) is 0.317. The van der Waals surface area contributed by atoms with Crippen LogP contribution >= 0.6 is 0 Å². The van der Waals surface area contributed by atoms with E-state index in [9.17, 15) is 12.8 Å². The van der Waals surface area contributed by atoms with Crippen molar-refractivity contribution < 1.29 is 12.8 Å². The first-order chi connectivity index (χ1) is 8.65. The van der Waals surface area contributed by atoms with Gasteiger partial charge in [-0.2, -0.15) is 0 Å². The molecular formula is C13H24FNO2S. The lowest BCUT2D eigenvalue weighted by Gasteiger charge is -2.43. The molecule has 0 amide bonds. The van der Waals surface area contributed by atoms with Gasteiger partial charge in [-0.05, 0) is 38.6 Å². The van der Waals surface area contributed by atoms with E-state index in [2.05, 4.69) is 4.90 Å². The molecule has 0 aromatic carbocycles. The van der Waals surface area contributed by atoms with E-state index >= 15 is 0 Å². The first-order valence-corrected chi connectivity index (χ1v) is 8.88. The van der Waals surface area contributed by atoms with Crippen LogP contribution in [0.25, 0.3) is 0 Å². The van der Waals surface area contributed by atoms with Crippen LogP contribution in [0.15, 0.2) is 0 Å². The second-order valence-corrected chi connectivity index (χ2v) is 7.88. The Morgan fingerprint density at radius 2 is 1.89 bits per heavy atom. The molecule has 2 aliphatic rings. The fourth-order valence-corrected chi connectivity index (χ4v) is 5.44. The maximum atomic E-state index is 12.1. The Morgan fingerprint density at radius 3 is 2.67 bits per heavy atom. The Balaban J connectivity index is 1.92. The van der Waals surface area contributed by atoms with E-state index in [4.69, 9.17) is 0 Å². The highest BCUT2D eigenvalue weighted by Gasteiger charge is 2.42. The van der Waals surface area contributed by atoms with Gasteiger partial charge in [0.2, 0.25) is 0 Å². The largest absolute Gasteiger partial charge is 0.298 e. The van der Waals surface area contributed by atoms with Crippen LogP contribution < -0.4 is 0 Å². The first-order valence-electron chi connectivity index (χ1n) is 7.17. The molecule has 18 heavy (non-hydrogen) atoms. The number of nitrogens with zero attached hydrogens (tertiary/aromatic N) is 1. The summed E-state index contributed by atoms with van der Waals surface area (Å²) < 4.78 is 36.2. The number of sulfone groups is 1. The van der Waals surface area contributed by atoms with Crippen molar-refractivity contribution in [1.29, 1.82) is 0 Å². The van der Waals surface area contributed by atoms with Crippen LogP contribution in [0.5, 0.6) is 0 Å². The standard InChI is InChI=1S/C13H24FNO2S/c14-8-4-1-5-9-15-10-11-18(16,17)13-7-3-2-6-12(13)15/h12-13H,1-11H2/t12-,13+/m0/s1. The fourth-order valence-electron chi connectivity index (χ4n) is 3.34. The predicted molar refractivity (Wildman–Crippen MR) is 71.2 cm³/mol. The summed E-state index contributed by atoms with van der Waals surface area (Å²) in [5, 5.41) is -0.124. The van der Waals surface area contributed by atoms with E-state index in [0.29, 0.717) is 18.7 Å². The lowest BCUT2D eigenvalue weighted by atomic mass is 9.93. The zero-order valence-electron chi connectivity index (χ0n) is 11.0. The summed E-state index contributed by atoms with van der Waals surface area (Å²) in [6.45, 7) is 1.39. The fraction of sp³-hybridized carbons (Fsp3) is 1.00. The Labute approximate surface area is 110 Å². The lowest BCUT2D eigenvalue weighted by molar-refractivity contribution is 0.153. The van der Waals surface area contributed by atoms with Crippen LogP contribution in [-0.2, 0) is 9.84 Å². The molecule has 1 saturated carbocycles. The third-order valence-corrected chi connectivity index (χ3v) is 6.56.